The Hall–Kier alpha value is -3.58. The first-order valence-electron chi connectivity index (χ1n) is 13.3. The molecule has 0 aliphatic carbocycles. The number of carbonyl (C=O) groups is 1. The van der Waals surface area contributed by atoms with Crippen molar-refractivity contribution < 1.29 is 4.79 Å². The number of nitrogens with zero attached hydrogens (tertiary/aromatic N) is 6. The van der Waals surface area contributed by atoms with Crippen LogP contribution < -0.4 is 0 Å². The Morgan fingerprint density at radius 1 is 1.03 bits per heavy atom. The van der Waals surface area contributed by atoms with Crippen LogP contribution in [0.15, 0.2) is 61.1 Å². The lowest BCUT2D eigenvalue weighted by atomic mass is 10.0. The molecule has 0 atom stereocenters. The molecule has 0 fully saturated rings. The average Bonchev–Trinajstić information content (AvgIpc) is 3.35. The fourth-order valence-electron chi connectivity index (χ4n) is 4.58. The molecule has 0 aliphatic rings. The van der Waals surface area contributed by atoms with Crippen molar-refractivity contribution in [2.24, 2.45) is 0 Å². The van der Waals surface area contributed by atoms with E-state index in [4.69, 9.17) is 4.98 Å². The van der Waals surface area contributed by atoms with E-state index in [9.17, 15) is 4.79 Å². The lowest BCUT2D eigenvalue weighted by Crippen LogP contribution is -2.30. The second-order valence-electron chi connectivity index (χ2n) is 9.95. The van der Waals surface area contributed by atoms with Crippen LogP contribution in [0.2, 0.25) is 0 Å². The molecule has 4 rings (SSSR count). The minimum atomic E-state index is -0.0289. The molecule has 37 heavy (non-hydrogen) atoms. The number of benzene rings is 1. The van der Waals surface area contributed by atoms with Crippen molar-refractivity contribution in [1.29, 1.82) is 0 Å². The molecular weight excluding hydrogens is 460 g/mol. The van der Waals surface area contributed by atoms with Crippen LogP contribution in [0.3, 0.4) is 0 Å². The van der Waals surface area contributed by atoms with E-state index in [0.29, 0.717) is 18.7 Å². The van der Waals surface area contributed by atoms with Crippen molar-refractivity contribution in [2.75, 3.05) is 20.1 Å². The zero-order valence-corrected chi connectivity index (χ0v) is 22.7. The van der Waals surface area contributed by atoms with E-state index in [1.807, 2.05) is 40.9 Å². The molecule has 0 bridgehead atoms. The third kappa shape index (κ3) is 6.23. The fourth-order valence-corrected chi connectivity index (χ4v) is 4.58. The smallest absolute Gasteiger partial charge is 0.255 e. The van der Waals surface area contributed by atoms with Crippen LogP contribution in [0.25, 0.3) is 22.3 Å². The quantitative estimate of drug-likeness (QED) is 0.255. The van der Waals surface area contributed by atoms with Crippen LogP contribution >= 0.6 is 0 Å². The van der Waals surface area contributed by atoms with Crippen molar-refractivity contribution in [3.63, 3.8) is 0 Å². The second-order valence-corrected chi connectivity index (χ2v) is 9.95. The highest BCUT2D eigenvalue weighted by Gasteiger charge is 2.22. The van der Waals surface area contributed by atoms with E-state index in [-0.39, 0.29) is 11.9 Å². The number of hydrogen-bond donors (Lipinski definition) is 0. The second kappa shape index (κ2) is 12.1. The first-order chi connectivity index (χ1) is 17.9. The van der Waals surface area contributed by atoms with Crippen LogP contribution in [0, 0.1) is 0 Å². The van der Waals surface area contributed by atoms with E-state index < -0.39 is 0 Å². The standard InChI is InChI=1S/C30H38N6O/c1-6-8-15-34(5)20-23-11-9-13-25(16-23)28-17-26(27-19-32-36(22(3)4)29(27)33-28)30(37)35(7-2)21-24-12-10-14-31-18-24/h9-14,16-19,22H,6-8,15,20-21H2,1-5H3. The first-order valence-corrected chi connectivity index (χ1v) is 13.3. The summed E-state index contributed by atoms with van der Waals surface area (Å²) in [6.07, 6.45) is 7.70. The van der Waals surface area contributed by atoms with E-state index in [1.54, 1.807) is 12.4 Å². The predicted octanol–water partition coefficient (Wildman–Crippen LogP) is 5.97. The summed E-state index contributed by atoms with van der Waals surface area (Å²) < 4.78 is 1.90. The van der Waals surface area contributed by atoms with Crippen LogP contribution in [0.5, 0.6) is 0 Å². The van der Waals surface area contributed by atoms with Gasteiger partial charge in [-0.2, -0.15) is 5.10 Å². The summed E-state index contributed by atoms with van der Waals surface area (Å²) in [6, 6.07) is 14.4. The largest absolute Gasteiger partial charge is 0.335 e. The Bertz CT molecular complexity index is 1330. The van der Waals surface area contributed by atoms with Gasteiger partial charge in [0, 0.05) is 43.6 Å². The molecule has 0 N–H and O–H groups in total. The Morgan fingerprint density at radius 3 is 2.54 bits per heavy atom. The van der Waals surface area contributed by atoms with Gasteiger partial charge in [0.1, 0.15) is 0 Å². The molecule has 0 spiro atoms. The molecule has 0 radical (unpaired) electrons. The molecule has 0 unspecified atom stereocenters. The summed E-state index contributed by atoms with van der Waals surface area (Å²) in [5, 5.41) is 5.37. The van der Waals surface area contributed by atoms with Crippen LogP contribution in [-0.4, -0.2) is 55.6 Å². The molecule has 1 amide bonds. The Kier molecular flexibility index (Phi) is 8.66. The van der Waals surface area contributed by atoms with Gasteiger partial charge in [0.15, 0.2) is 5.65 Å². The van der Waals surface area contributed by atoms with E-state index in [2.05, 4.69) is 67.1 Å². The molecule has 0 saturated carbocycles. The predicted molar refractivity (Wildman–Crippen MR) is 149 cm³/mol. The van der Waals surface area contributed by atoms with Crippen molar-refractivity contribution in [3.8, 4) is 11.3 Å². The number of aromatic nitrogens is 4. The highest BCUT2D eigenvalue weighted by molar-refractivity contribution is 6.06. The lowest BCUT2D eigenvalue weighted by Gasteiger charge is -2.22. The van der Waals surface area contributed by atoms with Gasteiger partial charge in [-0.3, -0.25) is 9.78 Å². The summed E-state index contributed by atoms with van der Waals surface area (Å²) in [5.41, 5.74) is 5.38. The van der Waals surface area contributed by atoms with Crippen molar-refractivity contribution in [1.82, 2.24) is 29.5 Å². The third-order valence-electron chi connectivity index (χ3n) is 6.62. The summed E-state index contributed by atoms with van der Waals surface area (Å²) >= 11 is 0. The number of fused-ring (bicyclic) bond motifs is 1. The number of amides is 1. The van der Waals surface area contributed by atoms with Gasteiger partial charge in [0.05, 0.1) is 22.8 Å². The zero-order valence-electron chi connectivity index (χ0n) is 22.7. The average molecular weight is 499 g/mol. The molecule has 0 aliphatic heterocycles. The van der Waals surface area contributed by atoms with E-state index in [0.717, 1.165) is 40.9 Å². The highest BCUT2D eigenvalue weighted by Crippen LogP contribution is 2.28. The molecule has 7 nitrogen and oxygen atoms in total. The van der Waals surface area contributed by atoms with Crippen LogP contribution in [0.4, 0.5) is 0 Å². The van der Waals surface area contributed by atoms with Gasteiger partial charge in [-0.05, 0) is 70.1 Å². The van der Waals surface area contributed by atoms with Crippen molar-refractivity contribution >= 4 is 16.9 Å². The van der Waals surface area contributed by atoms with Gasteiger partial charge < -0.3 is 9.80 Å². The Morgan fingerprint density at radius 2 is 1.84 bits per heavy atom. The molecule has 4 aromatic rings. The molecule has 3 heterocycles. The zero-order chi connectivity index (χ0) is 26.4. The number of rotatable bonds is 11. The van der Waals surface area contributed by atoms with Gasteiger partial charge >= 0.3 is 0 Å². The first kappa shape index (κ1) is 26.5. The Labute approximate surface area is 220 Å². The topological polar surface area (TPSA) is 67.2 Å². The number of unbranched alkanes of at least 4 members (excludes halogenated alkanes) is 1. The van der Waals surface area contributed by atoms with Crippen LogP contribution in [-0.2, 0) is 13.1 Å². The van der Waals surface area contributed by atoms with Gasteiger partial charge in [0.25, 0.3) is 5.91 Å². The van der Waals surface area contributed by atoms with Gasteiger partial charge in [-0.15, -0.1) is 0 Å². The molecule has 0 saturated heterocycles. The SMILES string of the molecule is CCCCN(C)Cc1cccc(-c2cc(C(=O)N(CC)Cc3cccnc3)c3cnn(C(C)C)c3n2)c1. The Balaban J connectivity index is 1.74. The summed E-state index contributed by atoms with van der Waals surface area (Å²) in [6.45, 7) is 11.4. The lowest BCUT2D eigenvalue weighted by molar-refractivity contribution is 0.0754. The van der Waals surface area contributed by atoms with Gasteiger partial charge in [0.2, 0.25) is 0 Å². The fraction of sp³-hybridized carbons (Fsp3) is 0.400. The number of carbonyl (C=O) groups excluding carboxylic acids is 1. The van der Waals surface area contributed by atoms with Crippen molar-refractivity contribution in [2.45, 2.75) is 59.7 Å². The monoisotopic (exact) mass is 498 g/mol. The number of pyridine rings is 2. The maximum absolute atomic E-state index is 13.9. The van der Waals surface area contributed by atoms with Gasteiger partial charge in [-0.25, -0.2) is 9.67 Å². The summed E-state index contributed by atoms with van der Waals surface area (Å²) in [7, 11) is 2.16. The molecule has 7 heteroatoms. The summed E-state index contributed by atoms with van der Waals surface area (Å²) in [4.78, 5) is 27.3. The molecule has 194 valence electrons. The molecular formula is C30H38N6O. The maximum atomic E-state index is 13.9. The van der Waals surface area contributed by atoms with E-state index in [1.165, 1.54) is 18.4 Å². The summed E-state index contributed by atoms with van der Waals surface area (Å²) in [5.74, 6) is -0.0289. The minimum absolute atomic E-state index is 0.0289. The highest BCUT2D eigenvalue weighted by atomic mass is 16.2. The number of hydrogen-bond acceptors (Lipinski definition) is 5. The van der Waals surface area contributed by atoms with Gasteiger partial charge in [-0.1, -0.05) is 37.6 Å². The maximum Gasteiger partial charge on any atom is 0.255 e. The molecule has 3 aromatic heterocycles. The van der Waals surface area contributed by atoms with Crippen LogP contribution in [0.1, 0.15) is 68.1 Å². The molecule has 1 aromatic carbocycles. The van der Waals surface area contributed by atoms with Crippen molar-refractivity contribution in [3.05, 3.63) is 77.7 Å². The normalized spacial score (nSPS) is 11.5. The third-order valence-corrected chi connectivity index (χ3v) is 6.62. The minimum Gasteiger partial charge on any atom is -0.335 e. The van der Waals surface area contributed by atoms with E-state index >= 15 is 0 Å².